The number of rotatable bonds is 10. The van der Waals surface area contributed by atoms with Crippen molar-refractivity contribution in [2.75, 3.05) is 19.8 Å². The van der Waals surface area contributed by atoms with E-state index in [-0.39, 0.29) is 1.43 Å². The van der Waals surface area contributed by atoms with Crippen LogP contribution in [0.3, 0.4) is 0 Å². The molecule has 2 nitrogen and oxygen atoms in total. The van der Waals surface area contributed by atoms with Gasteiger partial charge in [-0.15, -0.1) is 0 Å². The SMILES string of the molecule is C=C(CCOCCCCC)NCCC.CC.[HH]. The van der Waals surface area contributed by atoms with Gasteiger partial charge in [-0.3, -0.25) is 0 Å². The lowest BCUT2D eigenvalue weighted by molar-refractivity contribution is 0.132. The van der Waals surface area contributed by atoms with Crippen LogP contribution < -0.4 is 5.32 Å². The summed E-state index contributed by atoms with van der Waals surface area (Å²) in [4.78, 5) is 0. The van der Waals surface area contributed by atoms with E-state index >= 15 is 0 Å². The Balaban J connectivity index is -0.000000616. The monoisotopic (exact) mass is 231 g/mol. The lowest BCUT2D eigenvalue weighted by Crippen LogP contribution is -2.14. The average Bonchev–Trinajstić information content (AvgIpc) is 2.33. The number of nitrogens with one attached hydrogen (secondary N) is 1. The molecule has 0 heterocycles. The summed E-state index contributed by atoms with van der Waals surface area (Å²) >= 11 is 0. The van der Waals surface area contributed by atoms with E-state index in [9.17, 15) is 0 Å². The number of ether oxygens (including phenoxy) is 1. The highest BCUT2D eigenvalue weighted by atomic mass is 16.5. The van der Waals surface area contributed by atoms with Crippen molar-refractivity contribution in [2.45, 2.75) is 59.8 Å². The van der Waals surface area contributed by atoms with E-state index in [4.69, 9.17) is 4.74 Å². The molecule has 0 spiro atoms. The van der Waals surface area contributed by atoms with E-state index in [1.807, 2.05) is 13.8 Å². The van der Waals surface area contributed by atoms with Crippen LogP contribution in [0.1, 0.15) is 61.2 Å². The quantitative estimate of drug-likeness (QED) is 0.564. The molecular weight excluding hydrogens is 198 g/mol. The first-order chi connectivity index (χ1) is 7.81. The Hall–Kier alpha value is -0.500. The van der Waals surface area contributed by atoms with Crippen LogP contribution in [0.15, 0.2) is 12.3 Å². The highest BCUT2D eigenvalue weighted by Crippen LogP contribution is 1.97. The third-order valence-electron chi connectivity index (χ3n) is 2.07. The molecule has 100 valence electrons. The molecule has 0 amide bonds. The van der Waals surface area contributed by atoms with Crippen molar-refractivity contribution in [3.05, 3.63) is 12.3 Å². The van der Waals surface area contributed by atoms with Gasteiger partial charge in [0.05, 0.1) is 6.61 Å². The molecule has 0 aliphatic carbocycles. The van der Waals surface area contributed by atoms with Crippen molar-refractivity contribution in [3.8, 4) is 0 Å². The molecule has 0 saturated heterocycles. The van der Waals surface area contributed by atoms with Crippen LogP contribution in [0.4, 0.5) is 0 Å². The molecule has 16 heavy (non-hydrogen) atoms. The van der Waals surface area contributed by atoms with E-state index in [0.717, 1.165) is 38.3 Å². The van der Waals surface area contributed by atoms with Crippen molar-refractivity contribution in [1.82, 2.24) is 5.32 Å². The molecule has 0 aliphatic rings. The van der Waals surface area contributed by atoms with Gasteiger partial charge in [0.25, 0.3) is 0 Å². The highest BCUT2D eigenvalue weighted by molar-refractivity contribution is 4.90. The van der Waals surface area contributed by atoms with Crippen molar-refractivity contribution in [3.63, 3.8) is 0 Å². The lowest BCUT2D eigenvalue weighted by Gasteiger charge is -2.08. The molecule has 0 aromatic carbocycles. The summed E-state index contributed by atoms with van der Waals surface area (Å²) in [5, 5.41) is 3.26. The summed E-state index contributed by atoms with van der Waals surface area (Å²) in [6, 6.07) is 0. The summed E-state index contributed by atoms with van der Waals surface area (Å²) in [5.74, 6) is 0. The average molecular weight is 231 g/mol. The van der Waals surface area contributed by atoms with Gasteiger partial charge in [-0.1, -0.05) is 47.1 Å². The molecule has 1 N–H and O–H groups in total. The van der Waals surface area contributed by atoms with E-state index in [0.29, 0.717) is 0 Å². The molecule has 0 radical (unpaired) electrons. The second kappa shape index (κ2) is 16.9. The highest BCUT2D eigenvalue weighted by Gasteiger charge is 1.93. The maximum Gasteiger partial charge on any atom is 0.0520 e. The Kier molecular flexibility index (Phi) is 18.9. The van der Waals surface area contributed by atoms with E-state index < -0.39 is 0 Å². The predicted octanol–water partition coefficient (Wildman–Crippen LogP) is 4.37. The first-order valence-corrected chi connectivity index (χ1v) is 6.80. The maximum atomic E-state index is 5.49. The summed E-state index contributed by atoms with van der Waals surface area (Å²) < 4.78 is 5.49. The molecule has 2 heteroatoms. The zero-order valence-corrected chi connectivity index (χ0v) is 11.8. The van der Waals surface area contributed by atoms with Gasteiger partial charge in [-0.2, -0.15) is 0 Å². The van der Waals surface area contributed by atoms with Gasteiger partial charge in [-0.25, -0.2) is 0 Å². The van der Waals surface area contributed by atoms with E-state index in [2.05, 4.69) is 25.7 Å². The Morgan fingerprint density at radius 1 is 1.12 bits per heavy atom. The molecular formula is C14H33NO. The molecule has 0 aromatic heterocycles. The fraction of sp³-hybridized carbons (Fsp3) is 0.857. The van der Waals surface area contributed by atoms with Gasteiger partial charge in [0, 0.05) is 26.7 Å². The Labute approximate surface area is 104 Å². The first-order valence-electron chi connectivity index (χ1n) is 6.80. The van der Waals surface area contributed by atoms with Crippen LogP contribution in [-0.4, -0.2) is 19.8 Å². The molecule has 0 bridgehead atoms. The van der Waals surface area contributed by atoms with Gasteiger partial charge in [0.2, 0.25) is 0 Å². The largest absolute Gasteiger partial charge is 0.389 e. The zero-order valence-electron chi connectivity index (χ0n) is 11.8. The topological polar surface area (TPSA) is 21.3 Å². The van der Waals surface area contributed by atoms with Crippen molar-refractivity contribution in [1.29, 1.82) is 0 Å². The molecule has 0 rings (SSSR count). The van der Waals surface area contributed by atoms with Crippen LogP contribution in [0.5, 0.6) is 0 Å². The number of hydrogen-bond donors (Lipinski definition) is 1. The minimum atomic E-state index is 0. The summed E-state index contributed by atoms with van der Waals surface area (Å²) in [6.45, 7) is 15.0. The van der Waals surface area contributed by atoms with Crippen LogP contribution in [-0.2, 0) is 4.74 Å². The minimum absolute atomic E-state index is 0. The fourth-order valence-corrected chi connectivity index (χ4v) is 1.14. The fourth-order valence-electron chi connectivity index (χ4n) is 1.14. The van der Waals surface area contributed by atoms with Crippen LogP contribution in [0.2, 0.25) is 0 Å². The molecule has 0 fully saturated rings. The third-order valence-corrected chi connectivity index (χ3v) is 2.07. The molecule has 0 unspecified atom stereocenters. The minimum Gasteiger partial charge on any atom is -0.389 e. The summed E-state index contributed by atoms with van der Waals surface area (Å²) in [7, 11) is 0. The molecule has 0 saturated carbocycles. The Bertz CT molecular complexity index is 140. The molecule has 0 aliphatic heterocycles. The lowest BCUT2D eigenvalue weighted by atomic mass is 10.3. The normalized spacial score (nSPS) is 9.25. The van der Waals surface area contributed by atoms with Gasteiger partial charge in [0.1, 0.15) is 0 Å². The molecule has 0 aromatic rings. The second-order valence-corrected chi connectivity index (χ2v) is 3.60. The first kappa shape index (κ1) is 17.9. The van der Waals surface area contributed by atoms with Crippen LogP contribution in [0, 0.1) is 0 Å². The summed E-state index contributed by atoms with van der Waals surface area (Å²) in [5.41, 5.74) is 1.10. The maximum absolute atomic E-state index is 5.49. The van der Waals surface area contributed by atoms with Crippen molar-refractivity contribution in [2.24, 2.45) is 0 Å². The van der Waals surface area contributed by atoms with Gasteiger partial charge in [-0.05, 0) is 12.8 Å². The number of hydrogen-bond acceptors (Lipinski definition) is 2. The second-order valence-electron chi connectivity index (χ2n) is 3.60. The number of unbranched alkanes of at least 4 members (excludes halogenated alkanes) is 2. The standard InChI is InChI=1S/C12H25NO.C2H6.H2/c1-4-6-7-10-14-11-8-12(3)13-9-5-2;1-2;/h13H,3-11H2,1-2H3;1-2H3;1H. The van der Waals surface area contributed by atoms with E-state index in [1.54, 1.807) is 0 Å². The van der Waals surface area contributed by atoms with Gasteiger partial charge in [0.15, 0.2) is 0 Å². The Morgan fingerprint density at radius 2 is 1.81 bits per heavy atom. The van der Waals surface area contributed by atoms with Crippen molar-refractivity contribution < 1.29 is 6.16 Å². The van der Waals surface area contributed by atoms with Crippen LogP contribution >= 0.6 is 0 Å². The van der Waals surface area contributed by atoms with Gasteiger partial charge < -0.3 is 10.1 Å². The van der Waals surface area contributed by atoms with Crippen molar-refractivity contribution >= 4 is 0 Å². The molecule has 0 atom stereocenters. The van der Waals surface area contributed by atoms with Gasteiger partial charge >= 0.3 is 0 Å². The Morgan fingerprint density at radius 3 is 2.38 bits per heavy atom. The summed E-state index contributed by atoms with van der Waals surface area (Å²) in [6.07, 6.45) is 5.80. The smallest absolute Gasteiger partial charge is 0.0520 e. The van der Waals surface area contributed by atoms with E-state index in [1.165, 1.54) is 19.3 Å². The predicted molar refractivity (Wildman–Crippen MR) is 75.9 cm³/mol. The third kappa shape index (κ3) is 15.9. The van der Waals surface area contributed by atoms with Crippen LogP contribution in [0.25, 0.3) is 0 Å². The zero-order chi connectivity index (χ0) is 12.6.